The van der Waals surface area contributed by atoms with E-state index in [2.05, 4.69) is 22.2 Å². The lowest BCUT2D eigenvalue weighted by atomic mass is 10.2. The number of aliphatic imine (C=N–C) groups is 1. The van der Waals surface area contributed by atoms with Crippen LogP contribution in [0.1, 0.15) is 11.1 Å². The number of rotatable bonds is 8. The highest BCUT2D eigenvalue weighted by Gasteiger charge is 2.12. The summed E-state index contributed by atoms with van der Waals surface area (Å²) in [4.78, 5) is 14.8. The number of halogens is 1. The first-order chi connectivity index (χ1) is 12.7. The zero-order valence-corrected chi connectivity index (χ0v) is 17.4. The molecule has 0 aliphatic carbocycles. The smallest absolute Gasteiger partial charge is 0.274 e. The van der Waals surface area contributed by atoms with Crippen molar-refractivity contribution in [2.24, 2.45) is 4.99 Å². The normalized spacial score (nSPS) is 10.5. The molecule has 2 N–H and O–H groups in total. The largest absolute Gasteiger partial charge is 0.489 e. The van der Waals surface area contributed by atoms with E-state index < -0.39 is 0 Å². The van der Waals surface area contributed by atoms with Crippen LogP contribution in [0.3, 0.4) is 0 Å². The quantitative estimate of drug-likeness (QED) is 0.150. The van der Waals surface area contributed by atoms with E-state index >= 15 is 0 Å². The summed E-state index contributed by atoms with van der Waals surface area (Å²) in [5, 5.41) is 17.4. The van der Waals surface area contributed by atoms with Crippen LogP contribution in [0.25, 0.3) is 0 Å². The molecule has 144 valence electrons. The van der Waals surface area contributed by atoms with E-state index in [0.717, 1.165) is 11.3 Å². The van der Waals surface area contributed by atoms with Crippen LogP contribution in [0, 0.1) is 10.1 Å². The molecule has 7 nitrogen and oxygen atoms in total. The fourth-order valence-corrected chi connectivity index (χ4v) is 2.36. The Bertz CT molecular complexity index is 796. The maximum atomic E-state index is 11.1. The zero-order chi connectivity index (χ0) is 18.8. The third-order valence-electron chi connectivity index (χ3n) is 3.63. The van der Waals surface area contributed by atoms with Gasteiger partial charge in [-0.2, -0.15) is 0 Å². The van der Waals surface area contributed by atoms with Crippen LogP contribution >= 0.6 is 24.0 Å². The van der Waals surface area contributed by atoms with Gasteiger partial charge >= 0.3 is 0 Å². The first-order valence-electron chi connectivity index (χ1n) is 8.14. The third-order valence-corrected chi connectivity index (χ3v) is 3.63. The molecule has 0 radical (unpaired) electrons. The molecule has 0 aromatic heterocycles. The van der Waals surface area contributed by atoms with E-state index in [1.54, 1.807) is 31.3 Å². The molecule has 2 rings (SSSR count). The van der Waals surface area contributed by atoms with Crippen LogP contribution in [-0.2, 0) is 13.1 Å². The Morgan fingerprint density at radius 1 is 1.15 bits per heavy atom. The van der Waals surface area contributed by atoms with Gasteiger partial charge in [0.15, 0.2) is 5.96 Å². The number of nitro groups is 1. The Morgan fingerprint density at radius 2 is 1.74 bits per heavy atom. The number of nitrogens with zero attached hydrogens (tertiary/aromatic N) is 2. The Balaban J connectivity index is 0.00000364. The average Bonchev–Trinajstić information content (AvgIpc) is 2.67. The standard InChI is InChI=1S/C19H22N4O3.HI/c1-3-12-26-18-11-7-5-9-16(18)14-22-19(20-2)21-13-15-8-4-6-10-17(15)23(24)25;/h3-11H,1,12-14H2,2H3,(H2,20,21,22);1H. The molecule has 0 atom stereocenters. The van der Waals surface area contributed by atoms with Crippen molar-refractivity contribution in [3.8, 4) is 5.75 Å². The first-order valence-corrected chi connectivity index (χ1v) is 8.14. The lowest BCUT2D eigenvalue weighted by Gasteiger charge is -2.14. The molecule has 0 heterocycles. The Labute approximate surface area is 175 Å². The number of guanidine groups is 1. The minimum atomic E-state index is -0.388. The molecule has 2 aromatic rings. The zero-order valence-electron chi connectivity index (χ0n) is 15.1. The van der Waals surface area contributed by atoms with Crippen LogP contribution < -0.4 is 15.4 Å². The Morgan fingerprint density at radius 3 is 2.37 bits per heavy atom. The number of hydrogen-bond donors (Lipinski definition) is 2. The van der Waals surface area contributed by atoms with Gasteiger partial charge in [-0.1, -0.05) is 49.1 Å². The highest BCUT2D eigenvalue weighted by Crippen LogP contribution is 2.18. The van der Waals surface area contributed by atoms with Crippen LogP contribution in [0.4, 0.5) is 5.69 Å². The number of nitro benzene ring substituents is 1. The molecule has 0 amide bonds. The molecule has 0 spiro atoms. The third kappa shape index (κ3) is 6.89. The fraction of sp³-hybridized carbons (Fsp3) is 0.211. The number of benzene rings is 2. The maximum absolute atomic E-state index is 11.1. The van der Waals surface area contributed by atoms with E-state index in [-0.39, 0.29) is 34.6 Å². The van der Waals surface area contributed by atoms with Gasteiger partial charge in [0.05, 0.1) is 4.92 Å². The van der Waals surface area contributed by atoms with E-state index in [1.165, 1.54) is 6.07 Å². The second-order valence-electron chi connectivity index (χ2n) is 5.37. The van der Waals surface area contributed by atoms with E-state index in [9.17, 15) is 10.1 Å². The number of nitrogens with one attached hydrogen (secondary N) is 2. The summed E-state index contributed by atoms with van der Waals surface area (Å²) in [6.07, 6.45) is 1.69. The minimum absolute atomic E-state index is 0. The van der Waals surface area contributed by atoms with Crippen LogP contribution in [0.15, 0.2) is 66.2 Å². The van der Waals surface area contributed by atoms with Crippen LogP contribution in [-0.4, -0.2) is 24.5 Å². The summed E-state index contributed by atoms with van der Waals surface area (Å²) < 4.78 is 5.63. The van der Waals surface area contributed by atoms with Gasteiger partial charge in [0.25, 0.3) is 5.69 Å². The summed E-state index contributed by atoms with van der Waals surface area (Å²) in [5.74, 6) is 1.32. The lowest BCUT2D eigenvalue weighted by molar-refractivity contribution is -0.385. The predicted octanol–water partition coefficient (Wildman–Crippen LogP) is 3.64. The molecule has 0 fully saturated rings. The van der Waals surface area contributed by atoms with Crippen molar-refractivity contribution < 1.29 is 9.66 Å². The lowest BCUT2D eigenvalue weighted by Crippen LogP contribution is -2.36. The van der Waals surface area contributed by atoms with Gasteiger partial charge in [-0.05, 0) is 6.07 Å². The molecule has 0 saturated carbocycles. The first kappa shape index (κ1) is 22.4. The summed E-state index contributed by atoms with van der Waals surface area (Å²) in [6.45, 7) is 4.88. The van der Waals surface area contributed by atoms with Crippen molar-refractivity contribution in [3.05, 3.63) is 82.4 Å². The van der Waals surface area contributed by atoms with Gasteiger partial charge in [0.1, 0.15) is 12.4 Å². The number of para-hydroxylation sites is 2. The van der Waals surface area contributed by atoms with Crippen molar-refractivity contribution in [2.75, 3.05) is 13.7 Å². The van der Waals surface area contributed by atoms with Gasteiger partial charge in [-0.15, -0.1) is 24.0 Å². The van der Waals surface area contributed by atoms with Crippen LogP contribution in [0.5, 0.6) is 5.75 Å². The van der Waals surface area contributed by atoms with Gasteiger partial charge < -0.3 is 15.4 Å². The van der Waals surface area contributed by atoms with Gasteiger partial charge in [0.2, 0.25) is 0 Å². The van der Waals surface area contributed by atoms with Crippen molar-refractivity contribution in [2.45, 2.75) is 13.1 Å². The van der Waals surface area contributed by atoms with E-state index in [0.29, 0.717) is 31.2 Å². The van der Waals surface area contributed by atoms with Crippen molar-refractivity contribution >= 4 is 35.6 Å². The van der Waals surface area contributed by atoms with Gasteiger partial charge in [0, 0.05) is 37.3 Å². The molecule has 0 unspecified atom stereocenters. The molecule has 0 saturated heterocycles. The molecule has 8 heteroatoms. The summed E-state index contributed by atoms with van der Waals surface area (Å²) in [5.41, 5.74) is 1.65. The van der Waals surface area contributed by atoms with Crippen molar-refractivity contribution in [1.29, 1.82) is 0 Å². The van der Waals surface area contributed by atoms with E-state index in [1.807, 2.05) is 24.3 Å². The highest BCUT2D eigenvalue weighted by molar-refractivity contribution is 14.0. The maximum Gasteiger partial charge on any atom is 0.274 e. The molecule has 0 aliphatic rings. The van der Waals surface area contributed by atoms with Crippen molar-refractivity contribution in [3.63, 3.8) is 0 Å². The average molecular weight is 482 g/mol. The second-order valence-corrected chi connectivity index (χ2v) is 5.37. The van der Waals surface area contributed by atoms with Gasteiger partial charge in [-0.3, -0.25) is 15.1 Å². The fourth-order valence-electron chi connectivity index (χ4n) is 2.36. The SMILES string of the molecule is C=CCOc1ccccc1CNC(=NC)NCc1ccccc1[N+](=O)[O-].I. The molecule has 27 heavy (non-hydrogen) atoms. The number of hydrogen-bond acceptors (Lipinski definition) is 4. The Hall–Kier alpha value is -2.62. The molecular formula is C19H23IN4O3. The molecular weight excluding hydrogens is 459 g/mol. The summed E-state index contributed by atoms with van der Waals surface area (Å²) in [6, 6.07) is 14.3. The second kappa shape index (κ2) is 11.9. The number of ether oxygens (including phenoxy) is 1. The van der Waals surface area contributed by atoms with Crippen molar-refractivity contribution in [1.82, 2.24) is 10.6 Å². The highest BCUT2D eigenvalue weighted by atomic mass is 127. The molecule has 0 aliphatic heterocycles. The van der Waals surface area contributed by atoms with Gasteiger partial charge in [-0.25, -0.2) is 0 Å². The topological polar surface area (TPSA) is 88.8 Å². The molecule has 0 bridgehead atoms. The predicted molar refractivity (Wildman–Crippen MR) is 118 cm³/mol. The molecule has 2 aromatic carbocycles. The summed E-state index contributed by atoms with van der Waals surface area (Å²) >= 11 is 0. The summed E-state index contributed by atoms with van der Waals surface area (Å²) in [7, 11) is 1.65. The minimum Gasteiger partial charge on any atom is -0.489 e. The monoisotopic (exact) mass is 482 g/mol. The van der Waals surface area contributed by atoms with Crippen LogP contribution in [0.2, 0.25) is 0 Å². The van der Waals surface area contributed by atoms with E-state index in [4.69, 9.17) is 4.74 Å². The Kier molecular flexibility index (Phi) is 9.88.